The minimum atomic E-state index is -4.96. The van der Waals surface area contributed by atoms with Gasteiger partial charge in [0.05, 0.1) is 12.6 Å². The van der Waals surface area contributed by atoms with Crippen LogP contribution in [-0.4, -0.2) is 53.2 Å². The van der Waals surface area contributed by atoms with Gasteiger partial charge in [-0.05, 0) is 19.8 Å². The number of hydrogen-bond donors (Lipinski definition) is 1. The van der Waals surface area contributed by atoms with E-state index in [2.05, 4.69) is 4.74 Å². The molecular formula is C11H16F3NO4. The van der Waals surface area contributed by atoms with Gasteiger partial charge in [0.1, 0.15) is 0 Å². The summed E-state index contributed by atoms with van der Waals surface area (Å²) in [4.78, 5) is 16.6. The van der Waals surface area contributed by atoms with Gasteiger partial charge in [0.15, 0.2) is 0 Å². The normalized spacial score (nSPS) is 36.1. The maximum atomic E-state index is 13.2. The number of carbonyl (C=O) groups excluding carboxylic acids is 1. The molecule has 0 aromatic carbocycles. The Kier molecular flexibility index (Phi) is 3.76. The number of aliphatic hydroxyl groups is 1. The highest BCUT2D eigenvalue weighted by Crippen LogP contribution is 2.47. The van der Waals surface area contributed by atoms with E-state index in [4.69, 9.17) is 4.84 Å². The van der Waals surface area contributed by atoms with E-state index in [-0.39, 0.29) is 19.6 Å². The molecule has 0 bridgehead atoms. The number of nitrogens with zero attached hydrogens (tertiary/aromatic N) is 1. The lowest BCUT2D eigenvalue weighted by Gasteiger charge is -2.36. The lowest BCUT2D eigenvalue weighted by Crippen LogP contribution is -2.62. The van der Waals surface area contributed by atoms with Gasteiger partial charge >= 0.3 is 12.1 Å². The molecule has 0 amide bonds. The molecule has 19 heavy (non-hydrogen) atoms. The maximum absolute atomic E-state index is 13.2. The van der Waals surface area contributed by atoms with Gasteiger partial charge in [-0.25, -0.2) is 4.79 Å². The van der Waals surface area contributed by atoms with Gasteiger partial charge in [0.25, 0.3) is 0 Å². The van der Waals surface area contributed by atoms with Gasteiger partial charge in [-0.1, -0.05) is 6.42 Å². The van der Waals surface area contributed by atoms with E-state index >= 15 is 0 Å². The molecule has 0 aromatic rings. The van der Waals surface area contributed by atoms with Crippen LogP contribution < -0.4 is 0 Å². The highest BCUT2D eigenvalue weighted by Gasteiger charge is 2.72. The number of ether oxygens (including phenoxy) is 1. The van der Waals surface area contributed by atoms with Crippen molar-refractivity contribution in [3.8, 4) is 0 Å². The van der Waals surface area contributed by atoms with Crippen molar-refractivity contribution in [2.75, 3.05) is 13.2 Å². The Morgan fingerprint density at radius 1 is 1.53 bits per heavy atom. The second kappa shape index (κ2) is 4.92. The average molecular weight is 283 g/mol. The molecular weight excluding hydrogens is 267 g/mol. The van der Waals surface area contributed by atoms with Crippen LogP contribution in [0.1, 0.15) is 26.2 Å². The molecule has 0 aromatic heterocycles. The summed E-state index contributed by atoms with van der Waals surface area (Å²) in [6, 6.07) is -1.25. The summed E-state index contributed by atoms with van der Waals surface area (Å²) in [5, 5.41) is 11.2. The molecule has 0 unspecified atom stereocenters. The van der Waals surface area contributed by atoms with Gasteiger partial charge in [0.2, 0.25) is 11.7 Å². The van der Waals surface area contributed by atoms with E-state index in [1.807, 2.05) is 0 Å². The monoisotopic (exact) mass is 283 g/mol. The van der Waals surface area contributed by atoms with Crippen molar-refractivity contribution in [2.45, 2.75) is 50.1 Å². The fourth-order valence-corrected chi connectivity index (χ4v) is 2.64. The molecule has 2 aliphatic heterocycles. The Bertz CT molecular complexity index is 362. The molecule has 8 heteroatoms. The maximum Gasteiger partial charge on any atom is 0.422 e. The van der Waals surface area contributed by atoms with Crippen LogP contribution in [0.25, 0.3) is 0 Å². The van der Waals surface area contributed by atoms with Crippen molar-refractivity contribution in [3.05, 3.63) is 0 Å². The van der Waals surface area contributed by atoms with E-state index in [1.165, 1.54) is 6.92 Å². The summed E-state index contributed by atoms with van der Waals surface area (Å²) in [6.45, 7) is 1.67. The van der Waals surface area contributed by atoms with E-state index in [9.17, 15) is 23.1 Å². The Labute approximate surface area is 108 Å². The SMILES string of the molecule is CCOC(=O)[C@@H]1ON2CCCC[C@@H]2[C@]1(O)C(F)(F)F. The molecule has 2 heterocycles. The Morgan fingerprint density at radius 3 is 2.79 bits per heavy atom. The molecule has 2 fully saturated rings. The van der Waals surface area contributed by atoms with E-state index in [0.29, 0.717) is 12.8 Å². The van der Waals surface area contributed by atoms with Crippen LogP contribution in [-0.2, 0) is 14.4 Å². The number of alkyl halides is 3. The zero-order valence-electron chi connectivity index (χ0n) is 10.4. The highest BCUT2D eigenvalue weighted by atomic mass is 19.4. The molecule has 0 saturated carbocycles. The Balaban J connectivity index is 2.33. The second-order valence-corrected chi connectivity index (χ2v) is 4.71. The number of carbonyl (C=O) groups is 1. The predicted octanol–water partition coefficient (Wildman–Crippen LogP) is 1.01. The van der Waals surface area contributed by atoms with Crippen LogP contribution in [0.15, 0.2) is 0 Å². The van der Waals surface area contributed by atoms with Crippen LogP contribution >= 0.6 is 0 Å². The molecule has 2 saturated heterocycles. The van der Waals surface area contributed by atoms with Gasteiger partial charge in [-0.15, -0.1) is 0 Å². The third-order valence-electron chi connectivity index (χ3n) is 3.56. The summed E-state index contributed by atoms with van der Waals surface area (Å²) in [7, 11) is 0. The van der Waals surface area contributed by atoms with Crippen LogP contribution in [0.5, 0.6) is 0 Å². The molecule has 0 aliphatic carbocycles. The topological polar surface area (TPSA) is 59.0 Å². The predicted molar refractivity (Wildman–Crippen MR) is 56.9 cm³/mol. The minimum Gasteiger partial charge on any atom is -0.464 e. The number of rotatable bonds is 2. The zero-order chi connectivity index (χ0) is 14.3. The first-order chi connectivity index (χ1) is 8.82. The molecule has 2 aliphatic rings. The average Bonchev–Trinajstić information content (AvgIpc) is 2.65. The van der Waals surface area contributed by atoms with Gasteiger partial charge in [0, 0.05) is 6.54 Å². The third kappa shape index (κ3) is 2.21. The minimum absolute atomic E-state index is 0.0721. The summed E-state index contributed by atoms with van der Waals surface area (Å²) in [6.07, 6.45) is -5.65. The summed E-state index contributed by atoms with van der Waals surface area (Å²) < 4.78 is 44.2. The summed E-state index contributed by atoms with van der Waals surface area (Å²) in [5.74, 6) is -1.18. The van der Waals surface area contributed by atoms with Crippen molar-refractivity contribution in [1.82, 2.24) is 5.06 Å². The number of esters is 1. The molecule has 1 N–H and O–H groups in total. The first-order valence-corrected chi connectivity index (χ1v) is 6.21. The van der Waals surface area contributed by atoms with Crippen molar-refractivity contribution < 1.29 is 32.6 Å². The third-order valence-corrected chi connectivity index (χ3v) is 3.56. The van der Waals surface area contributed by atoms with Crippen LogP contribution in [0.3, 0.4) is 0 Å². The molecule has 3 atom stereocenters. The fraction of sp³-hybridized carbons (Fsp3) is 0.909. The van der Waals surface area contributed by atoms with Crippen molar-refractivity contribution in [3.63, 3.8) is 0 Å². The summed E-state index contributed by atoms with van der Waals surface area (Å²) >= 11 is 0. The van der Waals surface area contributed by atoms with Crippen LogP contribution in [0.4, 0.5) is 13.2 Å². The smallest absolute Gasteiger partial charge is 0.422 e. The number of piperidine rings is 1. The van der Waals surface area contributed by atoms with Crippen LogP contribution in [0, 0.1) is 0 Å². The van der Waals surface area contributed by atoms with E-state index in [0.717, 1.165) is 5.06 Å². The van der Waals surface area contributed by atoms with E-state index < -0.39 is 29.9 Å². The van der Waals surface area contributed by atoms with Crippen molar-refractivity contribution in [1.29, 1.82) is 0 Å². The number of hydrogen-bond acceptors (Lipinski definition) is 5. The molecule has 0 radical (unpaired) electrons. The van der Waals surface area contributed by atoms with Gasteiger partial charge in [-0.3, -0.25) is 4.84 Å². The van der Waals surface area contributed by atoms with Crippen molar-refractivity contribution >= 4 is 5.97 Å². The van der Waals surface area contributed by atoms with Crippen molar-refractivity contribution in [2.24, 2.45) is 0 Å². The Hall–Kier alpha value is -0.860. The molecule has 2 rings (SSSR count). The molecule has 110 valence electrons. The first kappa shape index (κ1) is 14.5. The molecule has 5 nitrogen and oxygen atoms in total. The van der Waals surface area contributed by atoms with Gasteiger partial charge in [-0.2, -0.15) is 18.2 Å². The quantitative estimate of drug-likeness (QED) is 0.767. The largest absolute Gasteiger partial charge is 0.464 e. The second-order valence-electron chi connectivity index (χ2n) is 4.71. The van der Waals surface area contributed by atoms with Crippen LogP contribution in [0.2, 0.25) is 0 Å². The number of halogens is 3. The lowest BCUT2D eigenvalue weighted by atomic mass is 9.84. The van der Waals surface area contributed by atoms with Gasteiger partial charge < -0.3 is 9.84 Å². The molecule has 0 spiro atoms. The van der Waals surface area contributed by atoms with E-state index in [1.54, 1.807) is 0 Å². The zero-order valence-corrected chi connectivity index (χ0v) is 10.4. The fourth-order valence-electron chi connectivity index (χ4n) is 2.64. The highest BCUT2D eigenvalue weighted by molar-refractivity contribution is 5.77. The standard InChI is InChI=1S/C11H16F3NO4/c1-2-18-9(16)8-10(17,11(12,13)14)7-5-3-4-6-15(7)19-8/h7-8,17H,2-6H2,1H3/t7-,8+,10-/m1/s1. The lowest BCUT2D eigenvalue weighted by molar-refractivity contribution is -0.278. The number of hydroxylamine groups is 2. The number of fused-ring (bicyclic) bond motifs is 1. The summed E-state index contributed by atoms with van der Waals surface area (Å²) in [5.41, 5.74) is -3.21. The Morgan fingerprint density at radius 2 is 2.21 bits per heavy atom. The first-order valence-electron chi connectivity index (χ1n) is 6.21.